The summed E-state index contributed by atoms with van der Waals surface area (Å²) in [5.74, 6) is -1.59. The standard InChI is InChI=1S/C19H27NO4/c1-14-5-4-6-15(11-14)12-16(19(22)23)13-20-18(21)9-8-17-7-2-3-10-24-17/h4-6,11,16-17H,2-3,7-10,12-13H2,1H3,(H,20,21)(H,22,23). The topological polar surface area (TPSA) is 75.6 Å². The van der Waals surface area contributed by atoms with Gasteiger partial charge in [0.1, 0.15) is 0 Å². The molecule has 1 fully saturated rings. The molecular formula is C19H27NO4. The van der Waals surface area contributed by atoms with Gasteiger partial charge in [0.15, 0.2) is 0 Å². The second kappa shape index (κ2) is 9.42. The van der Waals surface area contributed by atoms with Crippen LogP contribution in [0.15, 0.2) is 24.3 Å². The minimum atomic E-state index is -0.882. The molecule has 1 heterocycles. The van der Waals surface area contributed by atoms with Crippen LogP contribution in [0.25, 0.3) is 0 Å². The molecule has 2 N–H and O–H groups in total. The first-order valence-electron chi connectivity index (χ1n) is 8.71. The Bertz CT molecular complexity index is 552. The summed E-state index contributed by atoms with van der Waals surface area (Å²) in [7, 11) is 0. The molecule has 0 aromatic heterocycles. The maximum absolute atomic E-state index is 12.0. The second-order valence-electron chi connectivity index (χ2n) is 6.56. The third-order valence-electron chi connectivity index (χ3n) is 4.43. The Morgan fingerprint density at radius 2 is 2.21 bits per heavy atom. The summed E-state index contributed by atoms with van der Waals surface area (Å²) < 4.78 is 5.61. The molecule has 1 aromatic rings. The van der Waals surface area contributed by atoms with Crippen molar-refractivity contribution in [1.82, 2.24) is 5.32 Å². The molecule has 2 rings (SSSR count). The highest BCUT2D eigenvalue weighted by Crippen LogP contribution is 2.17. The largest absolute Gasteiger partial charge is 0.481 e. The lowest BCUT2D eigenvalue weighted by atomic mass is 9.98. The number of ether oxygens (including phenoxy) is 1. The molecule has 1 aromatic carbocycles. The monoisotopic (exact) mass is 333 g/mol. The van der Waals surface area contributed by atoms with Crippen molar-refractivity contribution in [3.8, 4) is 0 Å². The van der Waals surface area contributed by atoms with Gasteiger partial charge in [0, 0.05) is 19.6 Å². The Hall–Kier alpha value is -1.88. The molecule has 0 aliphatic carbocycles. The fourth-order valence-electron chi connectivity index (χ4n) is 3.02. The van der Waals surface area contributed by atoms with Crippen LogP contribution >= 0.6 is 0 Å². The highest BCUT2D eigenvalue weighted by molar-refractivity contribution is 5.77. The van der Waals surface area contributed by atoms with Gasteiger partial charge in [-0.15, -0.1) is 0 Å². The van der Waals surface area contributed by atoms with Crippen LogP contribution in [0, 0.1) is 12.8 Å². The number of aliphatic carboxylic acids is 1. The first-order valence-corrected chi connectivity index (χ1v) is 8.71. The number of carbonyl (C=O) groups excluding carboxylic acids is 1. The van der Waals surface area contributed by atoms with Gasteiger partial charge in [0.05, 0.1) is 12.0 Å². The number of aryl methyl sites for hydroxylation is 1. The fraction of sp³-hybridized carbons (Fsp3) is 0.579. The van der Waals surface area contributed by atoms with Gasteiger partial charge in [0.25, 0.3) is 0 Å². The van der Waals surface area contributed by atoms with Crippen LogP contribution in [-0.2, 0) is 20.7 Å². The number of benzene rings is 1. The van der Waals surface area contributed by atoms with Crippen molar-refractivity contribution >= 4 is 11.9 Å². The number of rotatable bonds is 8. The van der Waals surface area contributed by atoms with Crippen molar-refractivity contribution in [2.24, 2.45) is 5.92 Å². The first-order chi connectivity index (χ1) is 11.5. The molecule has 0 saturated carbocycles. The maximum atomic E-state index is 12.0. The molecule has 0 bridgehead atoms. The van der Waals surface area contributed by atoms with E-state index in [0.29, 0.717) is 19.3 Å². The lowest BCUT2D eigenvalue weighted by Crippen LogP contribution is -2.34. The molecule has 1 aliphatic rings. The lowest BCUT2D eigenvalue weighted by molar-refractivity contribution is -0.141. The highest BCUT2D eigenvalue weighted by atomic mass is 16.5. The zero-order valence-electron chi connectivity index (χ0n) is 14.3. The smallest absolute Gasteiger partial charge is 0.308 e. The van der Waals surface area contributed by atoms with Gasteiger partial charge in [0.2, 0.25) is 5.91 Å². The minimum absolute atomic E-state index is 0.0975. The van der Waals surface area contributed by atoms with Crippen LogP contribution in [-0.4, -0.2) is 36.2 Å². The van der Waals surface area contributed by atoms with Crippen molar-refractivity contribution < 1.29 is 19.4 Å². The molecular weight excluding hydrogens is 306 g/mol. The van der Waals surface area contributed by atoms with Gasteiger partial charge < -0.3 is 15.2 Å². The van der Waals surface area contributed by atoms with E-state index in [9.17, 15) is 14.7 Å². The summed E-state index contributed by atoms with van der Waals surface area (Å²) in [5.41, 5.74) is 2.08. The van der Waals surface area contributed by atoms with E-state index < -0.39 is 11.9 Å². The van der Waals surface area contributed by atoms with Gasteiger partial charge in [-0.25, -0.2) is 0 Å². The fourth-order valence-corrected chi connectivity index (χ4v) is 3.02. The zero-order valence-corrected chi connectivity index (χ0v) is 14.3. The molecule has 2 atom stereocenters. The Labute approximate surface area is 143 Å². The van der Waals surface area contributed by atoms with Crippen LogP contribution in [0.2, 0.25) is 0 Å². The van der Waals surface area contributed by atoms with E-state index >= 15 is 0 Å². The molecule has 1 amide bonds. The molecule has 24 heavy (non-hydrogen) atoms. The summed E-state index contributed by atoms with van der Waals surface area (Å²) in [4.78, 5) is 23.4. The van der Waals surface area contributed by atoms with E-state index in [1.807, 2.05) is 31.2 Å². The SMILES string of the molecule is Cc1cccc(CC(CNC(=O)CCC2CCCCO2)C(=O)O)c1. The van der Waals surface area contributed by atoms with Crippen molar-refractivity contribution in [3.05, 3.63) is 35.4 Å². The molecule has 5 nitrogen and oxygen atoms in total. The molecule has 1 saturated heterocycles. The second-order valence-corrected chi connectivity index (χ2v) is 6.56. The summed E-state index contributed by atoms with van der Waals surface area (Å²) in [5, 5.41) is 12.1. The average molecular weight is 333 g/mol. The van der Waals surface area contributed by atoms with Crippen LogP contribution in [0.4, 0.5) is 0 Å². The number of carboxylic acid groups (broad SMARTS) is 1. The Morgan fingerprint density at radius 1 is 1.38 bits per heavy atom. The van der Waals surface area contributed by atoms with E-state index in [4.69, 9.17) is 4.74 Å². The Kier molecular flexibility index (Phi) is 7.25. The summed E-state index contributed by atoms with van der Waals surface area (Å²) in [6.45, 7) is 2.92. The van der Waals surface area contributed by atoms with Gasteiger partial charge in [-0.1, -0.05) is 29.8 Å². The van der Waals surface area contributed by atoms with Gasteiger partial charge >= 0.3 is 5.97 Å². The number of carbonyl (C=O) groups is 2. The van der Waals surface area contributed by atoms with Crippen molar-refractivity contribution in [3.63, 3.8) is 0 Å². The van der Waals surface area contributed by atoms with Crippen LogP contribution in [0.5, 0.6) is 0 Å². The quantitative estimate of drug-likeness (QED) is 0.767. The first kappa shape index (κ1) is 18.5. The van der Waals surface area contributed by atoms with Crippen LogP contribution in [0.1, 0.15) is 43.2 Å². The van der Waals surface area contributed by atoms with Gasteiger partial charge in [-0.2, -0.15) is 0 Å². The maximum Gasteiger partial charge on any atom is 0.308 e. The van der Waals surface area contributed by atoms with Crippen molar-refractivity contribution in [2.75, 3.05) is 13.2 Å². The van der Waals surface area contributed by atoms with Crippen molar-refractivity contribution in [1.29, 1.82) is 0 Å². The Balaban J connectivity index is 1.76. The van der Waals surface area contributed by atoms with E-state index in [1.165, 1.54) is 0 Å². The summed E-state index contributed by atoms with van der Waals surface area (Å²) in [6.07, 6.45) is 4.96. The molecule has 2 unspecified atom stereocenters. The van der Waals surface area contributed by atoms with Crippen LogP contribution < -0.4 is 5.32 Å². The molecule has 1 aliphatic heterocycles. The third-order valence-corrected chi connectivity index (χ3v) is 4.43. The van der Waals surface area contributed by atoms with Gasteiger partial charge in [-0.05, 0) is 44.6 Å². The number of carboxylic acids is 1. The molecule has 132 valence electrons. The Morgan fingerprint density at radius 3 is 2.88 bits per heavy atom. The minimum Gasteiger partial charge on any atom is -0.481 e. The highest BCUT2D eigenvalue weighted by Gasteiger charge is 2.20. The number of hydrogen-bond donors (Lipinski definition) is 2. The predicted octanol–water partition coefficient (Wildman–Crippen LogP) is 2.70. The average Bonchev–Trinajstić information content (AvgIpc) is 2.57. The van der Waals surface area contributed by atoms with E-state index in [1.54, 1.807) is 0 Å². The normalized spacial score (nSPS) is 18.8. The number of nitrogens with one attached hydrogen (secondary N) is 1. The molecule has 5 heteroatoms. The third kappa shape index (κ3) is 6.32. The van der Waals surface area contributed by atoms with Gasteiger partial charge in [-0.3, -0.25) is 9.59 Å². The predicted molar refractivity (Wildman–Crippen MR) is 91.8 cm³/mol. The lowest BCUT2D eigenvalue weighted by Gasteiger charge is -2.22. The van der Waals surface area contributed by atoms with Crippen molar-refractivity contribution in [2.45, 2.75) is 51.6 Å². The van der Waals surface area contributed by atoms with Crippen LogP contribution in [0.3, 0.4) is 0 Å². The summed E-state index contributed by atoms with van der Waals surface area (Å²) in [6, 6.07) is 7.81. The van der Waals surface area contributed by atoms with E-state index in [0.717, 1.165) is 37.0 Å². The van der Waals surface area contributed by atoms with E-state index in [2.05, 4.69) is 5.32 Å². The number of amides is 1. The zero-order chi connectivity index (χ0) is 17.4. The summed E-state index contributed by atoms with van der Waals surface area (Å²) >= 11 is 0. The molecule has 0 radical (unpaired) electrons. The van der Waals surface area contributed by atoms with E-state index in [-0.39, 0.29) is 18.6 Å². The molecule has 0 spiro atoms. The number of hydrogen-bond acceptors (Lipinski definition) is 3.